The Morgan fingerprint density at radius 3 is 2.38 bits per heavy atom. The first-order valence-corrected chi connectivity index (χ1v) is 12.6. The molecule has 2 N–H and O–H groups in total. The second kappa shape index (κ2) is 11.0. The number of nitrogens with zero attached hydrogens (tertiary/aromatic N) is 2. The number of urea groups is 1. The standard InChI is InChI=1S/C25H18ClF3N4O3S/c26-21-5-1-2-6-23(21)37(35,36)33-25(34)32-22(10-15-8-17(27)12-18(28)9-15)24-20(4-3-7-31-24)16-11-19(29)14-30-13-16/h1-9,11-14,22H,10H2,(H2,32,33,34). The van der Waals surface area contributed by atoms with Crippen LogP contribution in [-0.2, 0) is 16.4 Å². The quantitative estimate of drug-likeness (QED) is 0.332. The lowest BCUT2D eigenvalue weighted by Crippen LogP contribution is -2.42. The molecule has 0 saturated carbocycles. The van der Waals surface area contributed by atoms with E-state index in [4.69, 9.17) is 11.6 Å². The maximum absolute atomic E-state index is 13.9. The molecule has 0 aliphatic rings. The predicted octanol–water partition coefficient (Wildman–Crippen LogP) is 5.19. The number of benzene rings is 2. The first kappa shape index (κ1) is 26.1. The SMILES string of the molecule is O=C(NC(Cc1cc(F)cc(F)c1)c1ncccc1-c1cncc(F)c1)NS(=O)(=O)c1ccccc1Cl. The highest BCUT2D eigenvalue weighted by atomic mass is 35.5. The number of nitrogens with one attached hydrogen (secondary N) is 2. The van der Waals surface area contributed by atoms with Crippen molar-refractivity contribution in [3.63, 3.8) is 0 Å². The highest BCUT2D eigenvalue weighted by Crippen LogP contribution is 2.29. The summed E-state index contributed by atoms with van der Waals surface area (Å²) in [6.45, 7) is 0. The maximum Gasteiger partial charge on any atom is 0.329 e. The van der Waals surface area contributed by atoms with Gasteiger partial charge in [-0.15, -0.1) is 0 Å². The van der Waals surface area contributed by atoms with Gasteiger partial charge in [-0.1, -0.05) is 29.8 Å². The minimum atomic E-state index is -4.37. The maximum atomic E-state index is 13.9. The molecular formula is C25H18ClF3N4O3S. The molecule has 0 aliphatic heterocycles. The molecule has 0 aliphatic carbocycles. The van der Waals surface area contributed by atoms with Crippen LogP contribution in [0.1, 0.15) is 17.3 Å². The zero-order valence-corrected chi connectivity index (χ0v) is 20.4. The first-order chi connectivity index (χ1) is 17.6. The Morgan fingerprint density at radius 2 is 1.68 bits per heavy atom. The summed E-state index contributed by atoms with van der Waals surface area (Å²) in [5.74, 6) is -2.29. The summed E-state index contributed by atoms with van der Waals surface area (Å²) in [4.78, 5) is 20.7. The van der Waals surface area contributed by atoms with Gasteiger partial charge >= 0.3 is 6.03 Å². The summed E-state index contributed by atoms with van der Waals surface area (Å²) >= 11 is 5.96. The van der Waals surface area contributed by atoms with Gasteiger partial charge in [0.05, 0.1) is 23.0 Å². The van der Waals surface area contributed by atoms with Crippen LogP contribution >= 0.6 is 11.6 Å². The molecule has 0 radical (unpaired) electrons. The van der Waals surface area contributed by atoms with E-state index < -0.39 is 39.5 Å². The lowest BCUT2D eigenvalue weighted by atomic mass is 9.96. The number of hydrogen-bond acceptors (Lipinski definition) is 5. The minimum Gasteiger partial charge on any atom is -0.329 e. The molecule has 2 heterocycles. The molecule has 4 aromatic rings. The number of halogens is 4. The molecule has 2 aromatic heterocycles. The average Bonchev–Trinajstić information content (AvgIpc) is 2.83. The van der Waals surface area contributed by atoms with Crippen LogP contribution in [0.15, 0.2) is 84.1 Å². The normalized spacial score (nSPS) is 12.1. The van der Waals surface area contributed by atoms with Gasteiger partial charge in [0.1, 0.15) is 22.3 Å². The predicted molar refractivity (Wildman–Crippen MR) is 131 cm³/mol. The van der Waals surface area contributed by atoms with Gasteiger partial charge in [0.15, 0.2) is 0 Å². The van der Waals surface area contributed by atoms with Gasteiger partial charge in [-0.25, -0.2) is 31.1 Å². The Balaban J connectivity index is 1.71. The van der Waals surface area contributed by atoms with Crippen LogP contribution in [0.2, 0.25) is 5.02 Å². The van der Waals surface area contributed by atoms with Crippen molar-refractivity contribution in [3.8, 4) is 11.1 Å². The Bertz CT molecular complexity index is 1550. The van der Waals surface area contributed by atoms with Crippen molar-refractivity contribution < 1.29 is 26.4 Å². The number of sulfonamides is 1. The van der Waals surface area contributed by atoms with Crippen LogP contribution in [0, 0.1) is 17.5 Å². The van der Waals surface area contributed by atoms with E-state index in [2.05, 4.69) is 15.3 Å². The summed E-state index contributed by atoms with van der Waals surface area (Å²) < 4.78 is 69.0. The van der Waals surface area contributed by atoms with E-state index in [9.17, 15) is 26.4 Å². The molecule has 7 nitrogen and oxygen atoms in total. The van der Waals surface area contributed by atoms with Gasteiger partial charge in [0, 0.05) is 29.6 Å². The summed E-state index contributed by atoms with van der Waals surface area (Å²) in [5, 5.41) is 2.40. The summed E-state index contributed by atoms with van der Waals surface area (Å²) in [7, 11) is -4.37. The summed E-state index contributed by atoms with van der Waals surface area (Å²) in [6, 6.07) is 10.5. The number of aromatic nitrogens is 2. The van der Waals surface area contributed by atoms with E-state index in [0.717, 1.165) is 18.3 Å². The third-order valence-electron chi connectivity index (χ3n) is 5.21. The molecule has 2 aromatic carbocycles. The molecule has 0 fully saturated rings. The van der Waals surface area contributed by atoms with Gasteiger partial charge in [-0.3, -0.25) is 9.97 Å². The van der Waals surface area contributed by atoms with Gasteiger partial charge in [0.25, 0.3) is 10.0 Å². The molecule has 190 valence electrons. The van der Waals surface area contributed by atoms with Crippen LogP contribution in [0.3, 0.4) is 0 Å². The Kier molecular flexibility index (Phi) is 7.74. The molecule has 4 rings (SSSR count). The van der Waals surface area contributed by atoms with Gasteiger partial charge in [0.2, 0.25) is 0 Å². The Hall–Kier alpha value is -3.96. The number of carbonyl (C=O) groups is 1. The number of pyridine rings is 2. The molecular weight excluding hydrogens is 529 g/mol. The van der Waals surface area contributed by atoms with E-state index in [1.807, 2.05) is 4.72 Å². The van der Waals surface area contributed by atoms with Crippen molar-refractivity contribution in [3.05, 3.63) is 113 Å². The van der Waals surface area contributed by atoms with E-state index in [-0.39, 0.29) is 27.6 Å². The molecule has 12 heteroatoms. The highest BCUT2D eigenvalue weighted by molar-refractivity contribution is 7.90. The molecule has 0 bridgehead atoms. The second-order valence-electron chi connectivity index (χ2n) is 7.87. The van der Waals surface area contributed by atoms with Crippen molar-refractivity contribution >= 4 is 27.7 Å². The zero-order chi connectivity index (χ0) is 26.6. The average molecular weight is 547 g/mol. The van der Waals surface area contributed by atoms with Gasteiger partial charge < -0.3 is 5.32 Å². The molecule has 37 heavy (non-hydrogen) atoms. The smallest absolute Gasteiger partial charge is 0.329 e. The topological polar surface area (TPSA) is 101 Å². The summed E-state index contributed by atoms with van der Waals surface area (Å²) in [5.41, 5.74) is 1.03. The van der Waals surface area contributed by atoms with Crippen molar-refractivity contribution in [1.82, 2.24) is 20.0 Å². The fourth-order valence-electron chi connectivity index (χ4n) is 3.71. The largest absolute Gasteiger partial charge is 0.329 e. The van der Waals surface area contributed by atoms with Crippen molar-refractivity contribution in [2.75, 3.05) is 0 Å². The van der Waals surface area contributed by atoms with E-state index in [1.54, 1.807) is 12.1 Å². The van der Waals surface area contributed by atoms with E-state index >= 15 is 0 Å². The molecule has 2 amide bonds. The molecule has 1 unspecified atom stereocenters. The van der Waals surface area contributed by atoms with Crippen molar-refractivity contribution in [1.29, 1.82) is 0 Å². The fourth-order valence-corrected chi connectivity index (χ4v) is 5.14. The summed E-state index contributed by atoms with van der Waals surface area (Å²) in [6.07, 6.45) is 3.62. The van der Waals surface area contributed by atoms with Crippen LogP contribution in [0.5, 0.6) is 0 Å². The number of hydrogen-bond donors (Lipinski definition) is 2. The van der Waals surface area contributed by atoms with Crippen LogP contribution < -0.4 is 10.0 Å². The third kappa shape index (κ3) is 6.43. The van der Waals surface area contributed by atoms with Gasteiger partial charge in [-0.05, 0) is 48.4 Å². The van der Waals surface area contributed by atoms with Crippen LogP contribution in [0.25, 0.3) is 11.1 Å². The highest BCUT2D eigenvalue weighted by Gasteiger charge is 2.25. The van der Waals surface area contributed by atoms with Crippen molar-refractivity contribution in [2.45, 2.75) is 17.4 Å². The van der Waals surface area contributed by atoms with Crippen LogP contribution in [0.4, 0.5) is 18.0 Å². The van der Waals surface area contributed by atoms with E-state index in [0.29, 0.717) is 17.2 Å². The fraction of sp³-hybridized carbons (Fsp3) is 0.0800. The third-order valence-corrected chi connectivity index (χ3v) is 7.04. The number of rotatable bonds is 7. The lowest BCUT2D eigenvalue weighted by Gasteiger charge is -2.22. The van der Waals surface area contributed by atoms with E-state index in [1.165, 1.54) is 42.7 Å². The van der Waals surface area contributed by atoms with Gasteiger partial charge in [-0.2, -0.15) is 0 Å². The first-order valence-electron chi connectivity index (χ1n) is 10.7. The van der Waals surface area contributed by atoms with Crippen molar-refractivity contribution in [2.24, 2.45) is 0 Å². The Labute approximate surface area is 215 Å². The molecule has 0 saturated heterocycles. The minimum absolute atomic E-state index is 0.0970. The van der Waals surface area contributed by atoms with Crippen LogP contribution in [-0.4, -0.2) is 24.4 Å². The molecule has 1 atom stereocenters. The zero-order valence-electron chi connectivity index (χ0n) is 18.8. The molecule has 0 spiro atoms. The number of amides is 2. The number of carbonyl (C=O) groups excluding carboxylic acids is 1. The monoisotopic (exact) mass is 546 g/mol. The lowest BCUT2D eigenvalue weighted by molar-refractivity contribution is 0.242. The second-order valence-corrected chi connectivity index (χ2v) is 9.93. The Morgan fingerprint density at radius 1 is 0.946 bits per heavy atom.